The number of carbonyl (C=O) groups excluding carboxylic acids is 1. The zero-order valence-electron chi connectivity index (χ0n) is 11.3. The fourth-order valence-corrected chi connectivity index (χ4v) is 2.40. The molecule has 0 N–H and O–H groups in total. The molecule has 110 valence electrons. The Morgan fingerprint density at radius 3 is 2.71 bits per heavy atom. The van der Waals surface area contributed by atoms with E-state index in [9.17, 15) is 4.79 Å². The number of hydrogen-bond acceptors (Lipinski definition) is 3. The molecule has 1 aromatic heterocycles. The minimum absolute atomic E-state index is 0.0691. The Kier molecular flexibility index (Phi) is 5.46. The van der Waals surface area contributed by atoms with E-state index >= 15 is 0 Å². The summed E-state index contributed by atoms with van der Waals surface area (Å²) in [6.07, 6.45) is 1.53. The Morgan fingerprint density at radius 1 is 1.24 bits per heavy atom. The van der Waals surface area contributed by atoms with Gasteiger partial charge < -0.3 is 0 Å². The quantitative estimate of drug-likeness (QED) is 0.605. The van der Waals surface area contributed by atoms with Gasteiger partial charge in [0, 0.05) is 19.3 Å². The molecule has 0 saturated heterocycles. The fraction of sp³-hybridized carbons (Fsp3) is 0.357. The van der Waals surface area contributed by atoms with Crippen molar-refractivity contribution in [2.75, 3.05) is 6.54 Å². The molecule has 0 saturated carbocycles. The van der Waals surface area contributed by atoms with E-state index in [4.69, 9.17) is 34.8 Å². The number of hydrazone groups is 1. The number of rotatable bonds is 2. The maximum Gasteiger partial charge on any atom is 0.243 e. The average Bonchev–Trinajstić information content (AvgIpc) is 2.45. The molecule has 1 aromatic rings. The van der Waals surface area contributed by atoms with Crippen LogP contribution in [0.1, 0.15) is 31.9 Å². The van der Waals surface area contributed by atoms with Crippen LogP contribution >= 0.6 is 34.8 Å². The van der Waals surface area contributed by atoms with Crippen LogP contribution < -0.4 is 0 Å². The smallest absolute Gasteiger partial charge is 0.243 e. The number of nitrogens with zero attached hydrogens (tertiary/aromatic N) is 3. The van der Waals surface area contributed by atoms with Crippen molar-refractivity contribution < 1.29 is 4.79 Å². The third kappa shape index (κ3) is 3.88. The van der Waals surface area contributed by atoms with E-state index in [1.165, 1.54) is 11.1 Å². The van der Waals surface area contributed by atoms with E-state index in [0.29, 0.717) is 29.3 Å². The number of hydrogen-bond donors (Lipinski definition) is 0. The van der Waals surface area contributed by atoms with Gasteiger partial charge >= 0.3 is 0 Å². The minimum Gasteiger partial charge on any atom is -0.273 e. The van der Waals surface area contributed by atoms with Gasteiger partial charge in [0.25, 0.3) is 0 Å². The van der Waals surface area contributed by atoms with Crippen molar-refractivity contribution in [3.8, 4) is 11.8 Å². The summed E-state index contributed by atoms with van der Waals surface area (Å²) in [5, 5.41) is 6.42. The van der Waals surface area contributed by atoms with E-state index in [0.717, 1.165) is 6.42 Å². The zero-order chi connectivity index (χ0) is 15.4. The van der Waals surface area contributed by atoms with Crippen molar-refractivity contribution in [3.05, 3.63) is 27.0 Å². The third-order valence-electron chi connectivity index (χ3n) is 2.80. The SMILES string of the molecule is CCC#CCN1N=C(c2nc(Cl)c(Cl)cc2Cl)CCC1=O. The van der Waals surface area contributed by atoms with Gasteiger partial charge in [-0.15, -0.1) is 5.92 Å². The second-order valence-corrected chi connectivity index (χ2v) is 5.47. The van der Waals surface area contributed by atoms with Crippen LogP contribution in [0.4, 0.5) is 0 Å². The molecule has 4 nitrogen and oxygen atoms in total. The van der Waals surface area contributed by atoms with Gasteiger partial charge in [0.2, 0.25) is 5.91 Å². The summed E-state index contributed by atoms with van der Waals surface area (Å²) in [5.74, 6) is 5.73. The molecular weight excluding hydrogens is 333 g/mol. The van der Waals surface area contributed by atoms with E-state index < -0.39 is 0 Å². The molecule has 0 bridgehead atoms. The first-order valence-corrected chi connectivity index (χ1v) is 7.51. The van der Waals surface area contributed by atoms with Crippen LogP contribution in [-0.2, 0) is 4.79 Å². The van der Waals surface area contributed by atoms with Gasteiger partial charge in [-0.2, -0.15) is 5.10 Å². The zero-order valence-corrected chi connectivity index (χ0v) is 13.6. The minimum atomic E-state index is -0.0691. The second-order valence-electron chi connectivity index (χ2n) is 4.30. The van der Waals surface area contributed by atoms with E-state index in [2.05, 4.69) is 21.9 Å². The molecule has 21 heavy (non-hydrogen) atoms. The maximum absolute atomic E-state index is 11.8. The molecule has 1 aliphatic heterocycles. The summed E-state index contributed by atoms with van der Waals surface area (Å²) in [5.41, 5.74) is 1.06. The molecule has 2 heterocycles. The molecule has 0 spiro atoms. The van der Waals surface area contributed by atoms with E-state index in [1.54, 1.807) is 0 Å². The third-order valence-corrected chi connectivity index (χ3v) is 3.76. The highest BCUT2D eigenvalue weighted by Crippen LogP contribution is 2.28. The molecule has 0 radical (unpaired) electrons. The highest BCUT2D eigenvalue weighted by molar-refractivity contribution is 6.43. The number of amides is 1. The summed E-state index contributed by atoms with van der Waals surface area (Å²) >= 11 is 17.9. The summed E-state index contributed by atoms with van der Waals surface area (Å²) in [6.45, 7) is 2.20. The molecule has 2 rings (SSSR count). The molecular formula is C14H12Cl3N3O. The van der Waals surface area contributed by atoms with Gasteiger partial charge in [-0.25, -0.2) is 9.99 Å². The van der Waals surface area contributed by atoms with Crippen LogP contribution in [0.5, 0.6) is 0 Å². The van der Waals surface area contributed by atoms with Gasteiger partial charge in [0.05, 0.1) is 15.8 Å². The van der Waals surface area contributed by atoms with Crippen molar-refractivity contribution in [2.24, 2.45) is 5.10 Å². The Bertz CT molecular complexity index is 661. The molecule has 1 amide bonds. The molecule has 0 fully saturated rings. The average molecular weight is 345 g/mol. The first-order valence-electron chi connectivity index (χ1n) is 6.38. The number of pyridine rings is 1. The molecule has 1 aliphatic rings. The van der Waals surface area contributed by atoms with Crippen molar-refractivity contribution >= 4 is 46.4 Å². The topological polar surface area (TPSA) is 45.6 Å². The van der Waals surface area contributed by atoms with Crippen molar-refractivity contribution in [3.63, 3.8) is 0 Å². The largest absolute Gasteiger partial charge is 0.273 e. The van der Waals surface area contributed by atoms with Gasteiger partial charge in [0.1, 0.15) is 17.4 Å². The van der Waals surface area contributed by atoms with E-state index in [-0.39, 0.29) is 22.6 Å². The lowest BCUT2D eigenvalue weighted by molar-refractivity contribution is -0.131. The summed E-state index contributed by atoms with van der Waals surface area (Å²) in [7, 11) is 0. The van der Waals surface area contributed by atoms with Gasteiger partial charge in [-0.3, -0.25) is 4.79 Å². The maximum atomic E-state index is 11.8. The predicted octanol–water partition coefficient (Wildman–Crippen LogP) is 3.78. The highest BCUT2D eigenvalue weighted by Gasteiger charge is 2.23. The van der Waals surface area contributed by atoms with Gasteiger partial charge in [0.15, 0.2) is 0 Å². The van der Waals surface area contributed by atoms with Crippen LogP contribution in [0.2, 0.25) is 15.2 Å². The summed E-state index contributed by atoms with van der Waals surface area (Å²) in [4.78, 5) is 16.0. The van der Waals surface area contributed by atoms with E-state index in [1.807, 2.05) is 6.92 Å². The van der Waals surface area contributed by atoms with Crippen molar-refractivity contribution in [1.29, 1.82) is 0 Å². The number of carbonyl (C=O) groups is 1. The lowest BCUT2D eigenvalue weighted by atomic mass is 10.1. The second kappa shape index (κ2) is 7.13. The number of halogens is 3. The molecule has 0 aliphatic carbocycles. The lowest BCUT2D eigenvalue weighted by Crippen LogP contribution is -2.32. The molecule has 0 aromatic carbocycles. The van der Waals surface area contributed by atoms with Crippen LogP contribution in [0, 0.1) is 11.8 Å². The van der Waals surface area contributed by atoms with Crippen molar-refractivity contribution in [1.82, 2.24) is 9.99 Å². The Labute approximate surface area is 138 Å². The lowest BCUT2D eigenvalue weighted by Gasteiger charge is -2.21. The van der Waals surface area contributed by atoms with Crippen LogP contribution in [0.3, 0.4) is 0 Å². The van der Waals surface area contributed by atoms with Crippen LogP contribution in [-0.4, -0.2) is 28.2 Å². The van der Waals surface area contributed by atoms with Crippen LogP contribution in [0.25, 0.3) is 0 Å². The van der Waals surface area contributed by atoms with Gasteiger partial charge in [-0.1, -0.05) is 47.6 Å². The fourth-order valence-electron chi connectivity index (χ4n) is 1.80. The Balaban J connectivity index is 2.32. The predicted molar refractivity (Wildman–Crippen MR) is 84.8 cm³/mol. The first-order chi connectivity index (χ1) is 10.0. The standard InChI is InChI=1S/C14H12Cl3N3O/c1-2-3-4-7-20-12(21)6-5-11(19-20)13-9(15)8-10(16)14(17)18-13/h8H,2,5-7H2,1H3. The number of aromatic nitrogens is 1. The normalized spacial score (nSPS) is 14.6. The molecule has 0 unspecified atom stereocenters. The summed E-state index contributed by atoms with van der Waals surface area (Å²) < 4.78 is 0. The highest BCUT2D eigenvalue weighted by atomic mass is 35.5. The molecule has 7 heteroatoms. The first kappa shape index (κ1) is 16.1. The molecule has 0 atom stereocenters. The van der Waals surface area contributed by atoms with Crippen LogP contribution in [0.15, 0.2) is 11.2 Å². The Morgan fingerprint density at radius 2 is 2.00 bits per heavy atom. The van der Waals surface area contributed by atoms with Gasteiger partial charge in [-0.05, 0) is 6.07 Å². The monoisotopic (exact) mass is 343 g/mol. The Hall–Kier alpha value is -1.28. The van der Waals surface area contributed by atoms with Crippen molar-refractivity contribution in [2.45, 2.75) is 26.2 Å². The summed E-state index contributed by atoms with van der Waals surface area (Å²) in [6, 6.07) is 1.52.